The van der Waals surface area contributed by atoms with Gasteiger partial charge in [0.15, 0.2) is 5.65 Å². The number of carbonyl (C=O) groups is 1. The smallest absolute Gasteiger partial charge is 0.373 e. The Morgan fingerprint density at radius 3 is 2.88 bits per heavy atom. The predicted octanol–water partition coefficient (Wildman–Crippen LogP) is 2.78. The zero-order valence-electron chi connectivity index (χ0n) is 16.6. The van der Waals surface area contributed by atoms with Crippen LogP contribution >= 0.6 is 0 Å². The van der Waals surface area contributed by atoms with Gasteiger partial charge in [0, 0.05) is 11.8 Å². The molecule has 4 aromatic heterocycles. The quantitative estimate of drug-likeness (QED) is 0.387. The van der Waals surface area contributed by atoms with E-state index >= 15 is 0 Å². The topological polar surface area (TPSA) is 118 Å². The van der Waals surface area contributed by atoms with Gasteiger partial charge >= 0.3 is 11.7 Å². The lowest BCUT2D eigenvalue weighted by Crippen LogP contribution is -2.21. The van der Waals surface area contributed by atoms with Crippen molar-refractivity contribution in [2.45, 2.75) is 6.54 Å². The Morgan fingerprint density at radius 1 is 1.19 bits per heavy atom. The van der Waals surface area contributed by atoms with Crippen LogP contribution < -0.4 is 5.69 Å². The molecule has 0 saturated carbocycles. The second kappa shape index (κ2) is 7.61. The molecule has 0 saturated heterocycles. The number of furan rings is 1. The monoisotopic (exact) mass is 435 g/mol. The van der Waals surface area contributed by atoms with E-state index in [4.69, 9.17) is 8.94 Å². The van der Waals surface area contributed by atoms with Crippen molar-refractivity contribution in [3.8, 4) is 22.8 Å². The fourth-order valence-corrected chi connectivity index (χ4v) is 3.21. The molecule has 0 aliphatic carbocycles. The third-order valence-electron chi connectivity index (χ3n) is 4.70. The van der Waals surface area contributed by atoms with Crippen molar-refractivity contribution in [1.82, 2.24) is 24.3 Å². The van der Waals surface area contributed by atoms with Crippen molar-refractivity contribution >= 4 is 11.6 Å². The van der Waals surface area contributed by atoms with Gasteiger partial charge in [0.05, 0.1) is 12.7 Å². The molecule has 0 spiro atoms. The summed E-state index contributed by atoms with van der Waals surface area (Å²) in [6, 6.07) is 12.2. The van der Waals surface area contributed by atoms with Crippen LogP contribution in [0.3, 0.4) is 0 Å². The van der Waals surface area contributed by atoms with Crippen LogP contribution in [0, 0.1) is 5.82 Å². The lowest BCUT2D eigenvalue weighted by atomic mass is 10.2. The molecule has 0 unspecified atom stereocenters. The zero-order valence-corrected chi connectivity index (χ0v) is 16.6. The third kappa shape index (κ3) is 3.35. The summed E-state index contributed by atoms with van der Waals surface area (Å²) in [7, 11) is 1.25. The molecule has 0 bridgehead atoms. The number of hydrogen-bond acceptors (Lipinski definition) is 8. The first kappa shape index (κ1) is 19.4. The number of benzene rings is 1. The molecule has 11 heteroatoms. The van der Waals surface area contributed by atoms with E-state index in [1.165, 1.54) is 34.4 Å². The molecule has 5 rings (SSSR count). The van der Waals surface area contributed by atoms with Crippen LogP contribution in [-0.2, 0) is 11.3 Å². The number of halogens is 1. The van der Waals surface area contributed by atoms with E-state index in [1.54, 1.807) is 36.5 Å². The van der Waals surface area contributed by atoms with E-state index in [0.29, 0.717) is 16.9 Å². The van der Waals surface area contributed by atoms with Crippen LogP contribution in [0.2, 0.25) is 0 Å². The van der Waals surface area contributed by atoms with Crippen LogP contribution in [0.1, 0.15) is 16.3 Å². The van der Waals surface area contributed by atoms with Crippen LogP contribution in [0.4, 0.5) is 4.39 Å². The summed E-state index contributed by atoms with van der Waals surface area (Å²) in [6.07, 6.45) is 1.55. The SMILES string of the molecule is COC(=O)c1ccc(Cn2nc3c(-c4nc(-c5cccc(F)c5)no4)cccn3c2=O)o1. The van der Waals surface area contributed by atoms with Gasteiger partial charge in [-0.2, -0.15) is 4.98 Å². The number of ether oxygens (including phenoxy) is 1. The van der Waals surface area contributed by atoms with E-state index in [-0.39, 0.29) is 29.7 Å². The lowest BCUT2D eigenvalue weighted by Gasteiger charge is -1.96. The van der Waals surface area contributed by atoms with E-state index in [1.807, 2.05) is 0 Å². The van der Waals surface area contributed by atoms with E-state index in [0.717, 1.165) is 0 Å². The molecule has 4 heterocycles. The lowest BCUT2D eigenvalue weighted by molar-refractivity contribution is 0.0562. The first-order chi connectivity index (χ1) is 15.5. The maximum Gasteiger partial charge on any atom is 0.373 e. The molecule has 0 N–H and O–H groups in total. The molecule has 10 nitrogen and oxygen atoms in total. The highest BCUT2D eigenvalue weighted by Crippen LogP contribution is 2.25. The summed E-state index contributed by atoms with van der Waals surface area (Å²) < 4.78 is 31.4. The third-order valence-corrected chi connectivity index (χ3v) is 4.70. The van der Waals surface area contributed by atoms with Gasteiger partial charge in [0.25, 0.3) is 5.89 Å². The number of fused-ring (bicyclic) bond motifs is 1. The molecule has 0 aliphatic rings. The first-order valence-electron chi connectivity index (χ1n) is 9.39. The van der Waals surface area contributed by atoms with Gasteiger partial charge in [-0.3, -0.25) is 0 Å². The minimum atomic E-state index is -0.619. The fourth-order valence-electron chi connectivity index (χ4n) is 3.21. The summed E-state index contributed by atoms with van der Waals surface area (Å²) in [5, 5.41) is 8.26. The molecule has 0 radical (unpaired) electrons. The van der Waals surface area contributed by atoms with E-state index in [2.05, 4.69) is 20.0 Å². The van der Waals surface area contributed by atoms with Crippen molar-refractivity contribution in [3.63, 3.8) is 0 Å². The Bertz CT molecular complexity index is 1510. The Kier molecular flexibility index (Phi) is 4.62. The van der Waals surface area contributed by atoms with Gasteiger partial charge in [-0.15, -0.1) is 5.10 Å². The minimum Gasteiger partial charge on any atom is -0.463 e. The van der Waals surface area contributed by atoms with Crippen LogP contribution in [0.5, 0.6) is 0 Å². The maximum absolute atomic E-state index is 13.5. The molecular formula is C21H14FN5O5. The van der Waals surface area contributed by atoms with Gasteiger partial charge in [-0.25, -0.2) is 23.1 Å². The molecule has 0 atom stereocenters. The second-order valence-electron chi connectivity index (χ2n) is 6.75. The van der Waals surface area contributed by atoms with Crippen molar-refractivity contribution in [2.24, 2.45) is 0 Å². The number of hydrogen-bond donors (Lipinski definition) is 0. The van der Waals surface area contributed by atoms with Crippen molar-refractivity contribution in [3.05, 3.63) is 82.5 Å². The van der Waals surface area contributed by atoms with E-state index < -0.39 is 17.5 Å². The van der Waals surface area contributed by atoms with Crippen LogP contribution in [-0.4, -0.2) is 37.4 Å². The van der Waals surface area contributed by atoms with Crippen LogP contribution in [0.15, 0.2) is 68.5 Å². The fraction of sp³-hybridized carbons (Fsp3) is 0.0952. The minimum absolute atomic E-state index is 0.00464. The van der Waals surface area contributed by atoms with Gasteiger partial charge in [0.2, 0.25) is 11.6 Å². The molecule has 160 valence electrons. The Labute approximate surface area is 178 Å². The van der Waals surface area contributed by atoms with Gasteiger partial charge in [-0.1, -0.05) is 17.3 Å². The largest absolute Gasteiger partial charge is 0.463 e. The number of methoxy groups -OCH3 is 1. The number of esters is 1. The first-order valence-corrected chi connectivity index (χ1v) is 9.39. The Morgan fingerprint density at radius 2 is 2.06 bits per heavy atom. The molecular weight excluding hydrogens is 421 g/mol. The Balaban J connectivity index is 1.52. The highest BCUT2D eigenvalue weighted by Gasteiger charge is 2.19. The average molecular weight is 435 g/mol. The Hall–Kier alpha value is -4.54. The molecule has 0 aliphatic heterocycles. The summed E-state index contributed by atoms with van der Waals surface area (Å²) in [4.78, 5) is 28.7. The highest BCUT2D eigenvalue weighted by atomic mass is 19.1. The van der Waals surface area contributed by atoms with E-state index in [9.17, 15) is 14.0 Å². The summed E-state index contributed by atoms with van der Waals surface area (Å²) in [6.45, 7) is -0.00464. The summed E-state index contributed by atoms with van der Waals surface area (Å²) in [5.74, 6) is -0.340. The number of nitrogens with zero attached hydrogens (tertiary/aromatic N) is 5. The normalized spacial score (nSPS) is 11.2. The molecule has 0 fully saturated rings. The molecule has 1 aromatic carbocycles. The van der Waals surface area contributed by atoms with Crippen LogP contribution in [0.25, 0.3) is 28.5 Å². The summed E-state index contributed by atoms with van der Waals surface area (Å²) in [5.41, 5.74) is 0.733. The zero-order chi connectivity index (χ0) is 22.2. The highest BCUT2D eigenvalue weighted by molar-refractivity contribution is 5.86. The van der Waals surface area contributed by atoms with Crippen molar-refractivity contribution in [1.29, 1.82) is 0 Å². The van der Waals surface area contributed by atoms with Gasteiger partial charge < -0.3 is 13.7 Å². The number of pyridine rings is 1. The second-order valence-corrected chi connectivity index (χ2v) is 6.75. The number of carbonyl (C=O) groups excluding carboxylic acids is 1. The molecule has 32 heavy (non-hydrogen) atoms. The van der Waals surface area contributed by atoms with Crippen molar-refractivity contribution < 1.29 is 22.9 Å². The number of aromatic nitrogens is 5. The van der Waals surface area contributed by atoms with Gasteiger partial charge in [-0.05, 0) is 36.4 Å². The molecule has 5 aromatic rings. The van der Waals surface area contributed by atoms with Crippen molar-refractivity contribution in [2.75, 3.05) is 7.11 Å². The van der Waals surface area contributed by atoms with Gasteiger partial charge in [0.1, 0.15) is 18.1 Å². The average Bonchev–Trinajstić information content (AvgIpc) is 3.54. The predicted molar refractivity (Wildman–Crippen MR) is 107 cm³/mol. The number of rotatable bonds is 5. The summed E-state index contributed by atoms with van der Waals surface area (Å²) >= 11 is 0. The maximum atomic E-state index is 13.5. The standard InChI is InChI=1S/C21H14FN5O5/c1-30-20(28)16-8-7-14(31-16)11-27-21(29)26-9-3-6-15(18(26)24-27)19-23-17(25-32-19)12-4-2-5-13(22)10-12/h2-10H,11H2,1H3. The molecule has 0 amide bonds.